The van der Waals surface area contributed by atoms with Crippen molar-refractivity contribution in [3.8, 4) is 0 Å². The minimum absolute atomic E-state index is 0.0733. The summed E-state index contributed by atoms with van der Waals surface area (Å²) in [6, 6.07) is 8.40. The zero-order chi connectivity index (χ0) is 17.9. The van der Waals surface area contributed by atoms with Crippen molar-refractivity contribution in [2.75, 3.05) is 5.32 Å². The van der Waals surface area contributed by atoms with Gasteiger partial charge in [-0.05, 0) is 48.9 Å². The molecule has 7 heteroatoms. The average molecular weight is 369 g/mol. The van der Waals surface area contributed by atoms with Crippen molar-refractivity contribution in [3.05, 3.63) is 63.4 Å². The molecule has 0 heterocycles. The van der Waals surface area contributed by atoms with Crippen molar-refractivity contribution in [1.82, 2.24) is 5.32 Å². The van der Waals surface area contributed by atoms with Crippen LogP contribution < -0.4 is 10.6 Å². The maximum absolute atomic E-state index is 13.6. The van der Waals surface area contributed by atoms with E-state index >= 15 is 0 Å². The van der Waals surface area contributed by atoms with Gasteiger partial charge in [0, 0.05) is 23.2 Å². The molecule has 0 bridgehead atoms. The van der Waals surface area contributed by atoms with Gasteiger partial charge in [0.1, 0.15) is 5.82 Å². The van der Waals surface area contributed by atoms with Gasteiger partial charge < -0.3 is 10.6 Å². The number of anilines is 1. The fourth-order valence-electron chi connectivity index (χ4n) is 2.14. The Morgan fingerprint density at radius 2 is 1.71 bits per heavy atom. The number of hydrogen-bond acceptors (Lipinski definition) is 2. The lowest BCUT2D eigenvalue weighted by molar-refractivity contribution is -0.114. The Hall–Kier alpha value is -2.11. The van der Waals surface area contributed by atoms with Gasteiger partial charge in [0.2, 0.25) is 5.91 Å². The van der Waals surface area contributed by atoms with Crippen LogP contribution in [0.25, 0.3) is 0 Å². The Morgan fingerprint density at radius 1 is 1.08 bits per heavy atom. The van der Waals surface area contributed by atoms with Gasteiger partial charge in [-0.15, -0.1) is 0 Å². The van der Waals surface area contributed by atoms with E-state index in [0.29, 0.717) is 16.8 Å². The number of rotatable bonds is 4. The van der Waals surface area contributed by atoms with Crippen LogP contribution in [0.1, 0.15) is 35.8 Å². The van der Waals surface area contributed by atoms with Crippen LogP contribution >= 0.6 is 23.2 Å². The van der Waals surface area contributed by atoms with E-state index in [1.807, 2.05) is 0 Å². The fraction of sp³-hybridized carbons (Fsp3) is 0.176. The second kappa shape index (κ2) is 7.64. The molecule has 0 aliphatic rings. The number of hydrogen-bond donors (Lipinski definition) is 2. The first kappa shape index (κ1) is 18.2. The Morgan fingerprint density at radius 3 is 2.29 bits per heavy atom. The maximum Gasteiger partial charge on any atom is 0.251 e. The van der Waals surface area contributed by atoms with Crippen LogP contribution in [0, 0.1) is 5.82 Å². The molecule has 2 aromatic carbocycles. The second-order valence-corrected chi connectivity index (χ2v) is 6.06. The van der Waals surface area contributed by atoms with E-state index in [4.69, 9.17) is 23.2 Å². The van der Waals surface area contributed by atoms with E-state index in [-0.39, 0.29) is 21.9 Å². The molecule has 2 N–H and O–H groups in total. The molecule has 0 saturated carbocycles. The molecule has 0 spiro atoms. The van der Waals surface area contributed by atoms with Crippen LogP contribution in [0.15, 0.2) is 36.4 Å². The predicted molar refractivity (Wildman–Crippen MR) is 93.0 cm³/mol. The molecule has 2 amide bonds. The minimum atomic E-state index is -0.600. The van der Waals surface area contributed by atoms with Gasteiger partial charge in [-0.3, -0.25) is 9.59 Å². The molecule has 2 rings (SSSR count). The highest BCUT2D eigenvalue weighted by molar-refractivity contribution is 6.35. The number of carbonyl (C=O) groups excluding carboxylic acids is 2. The quantitative estimate of drug-likeness (QED) is 0.775. The van der Waals surface area contributed by atoms with Crippen molar-refractivity contribution in [1.29, 1.82) is 0 Å². The Labute approximate surface area is 149 Å². The van der Waals surface area contributed by atoms with E-state index in [1.54, 1.807) is 31.2 Å². The average Bonchev–Trinajstić information content (AvgIpc) is 2.50. The van der Waals surface area contributed by atoms with Crippen LogP contribution in [0.3, 0.4) is 0 Å². The van der Waals surface area contributed by atoms with Crippen LogP contribution in [0.5, 0.6) is 0 Å². The third-order valence-electron chi connectivity index (χ3n) is 3.32. The Balaban J connectivity index is 2.11. The molecule has 0 aromatic heterocycles. The normalized spacial score (nSPS) is 11.7. The first-order valence-electron chi connectivity index (χ1n) is 7.11. The minimum Gasteiger partial charge on any atom is -0.345 e. The van der Waals surface area contributed by atoms with Crippen molar-refractivity contribution in [2.45, 2.75) is 19.9 Å². The van der Waals surface area contributed by atoms with E-state index in [2.05, 4.69) is 10.6 Å². The summed E-state index contributed by atoms with van der Waals surface area (Å²) in [7, 11) is 0. The fourth-order valence-corrected chi connectivity index (χ4v) is 2.68. The lowest BCUT2D eigenvalue weighted by Gasteiger charge is -2.16. The number of nitrogens with one attached hydrogen (secondary N) is 2. The highest BCUT2D eigenvalue weighted by atomic mass is 35.5. The summed E-state index contributed by atoms with van der Waals surface area (Å²) in [4.78, 5) is 23.2. The molecule has 0 saturated heterocycles. The van der Waals surface area contributed by atoms with Gasteiger partial charge in [-0.1, -0.05) is 23.2 Å². The van der Waals surface area contributed by atoms with E-state index in [9.17, 15) is 14.0 Å². The number of benzene rings is 2. The first-order valence-corrected chi connectivity index (χ1v) is 7.86. The van der Waals surface area contributed by atoms with E-state index in [0.717, 1.165) is 0 Å². The molecule has 0 fully saturated rings. The molecule has 24 heavy (non-hydrogen) atoms. The summed E-state index contributed by atoms with van der Waals surface area (Å²) in [6.07, 6.45) is 0. The molecule has 126 valence electrons. The summed E-state index contributed by atoms with van der Waals surface area (Å²) in [5.41, 5.74) is 1.43. The van der Waals surface area contributed by atoms with Crippen LogP contribution in [-0.4, -0.2) is 11.8 Å². The molecule has 0 aliphatic carbocycles. The second-order valence-electron chi connectivity index (χ2n) is 5.24. The van der Waals surface area contributed by atoms with Gasteiger partial charge in [0.05, 0.1) is 11.1 Å². The monoisotopic (exact) mass is 368 g/mol. The van der Waals surface area contributed by atoms with E-state index in [1.165, 1.54) is 19.1 Å². The third kappa shape index (κ3) is 4.46. The predicted octanol–water partition coefficient (Wildman–Crippen LogP) is 4.58. The largest absolute Gasteiger partial charge is 0.345 e. The van der Waals surface area contributed by atoms with Crippen molar-refractivity contribution in [3.63, 3.8) is 0 Å². The zero-order valence-electron chi connectivity index (χ0n) is 13.0. The van der Waals surface area contributed by atoms with Crippen LogP contribution in [0.4, 0.5) is 10.1 Å². The number of amides is 2. The molecule has 0 radical (unpaired) electrons. The lowest BCUT2D eigenvalue weighted by atomic mass is 10.1. The topological polar surface area (TPSA) is 58.2 Å². The molecular weight excluding hydrogens is 354 g/mol. The zero-order valence-corrected chi connectivity index (χ0v) is 14.5. The summed E-state index contributed by atoms with van der Waals surface area (Å²) in [5, 5.41) is 5.55. The van der Waals surface area contributed by atoms with Crippen LogP contribution in [0.2, 0.25) is 10.0 Å². The van der Waals surface area contributed by atoms with Crippen LogP contribution in [-0.2, 0) is 4.79 Å². The first-order chi connectivity index (χ1) is 11.3. The molecule has 4 nitrogen and oxygen atoms in total. The van der Waals surface area contributed by atoms with E-state index < -0.39 is 11.9 Å². The van der Waals surface area contributed by atoms with Gasteiger partial charge in [-0.25, -0.2) is 4.39 Å². The Kier molecular flexibility index (Phi) is 5.80. The maximum atomic E-state index is 13.6. The third-order valence-corrected chi connectivity index (χ3v) is 3.94. The lowest BCUT2D eigenvalue weighted by Crippen LogP contribution is -2.27. The molecule has 1 unspecified atom stereocenters. The molecule has 1 atom stereocenters. The summed E-state index contributed by atoms with van der Waals surface area (Å²) in [5.74, 6) is -1.14. The smallest absolute Gasteiger partial charge is 0.251 e. The van der Waals surface area contributed by atoms with Crippen molar-refractivity contribution < 1.29 is 14.0 Å². The Bertz CT molecular complexity index is 779. The number of halogens is 3. The number of carbonyl (C=O) groups is 2. The van der Waals surface area contributed by atoms with Gasteiger partial charge in [0.15, 0.2) is 0 Å². The SMILES string of the molecule is CC(=O)Nc1ccc(C(=O)NC(C)c2cc(F)c(Cl)cc2Cl)cc1. The van der Waals surface area contributed by atoms with Gasteiger partial charge in [0.25, 0.3) is 5.91 Å². The summed E-state index contributed by atoms with van der Waals surface area (Å²) in [6.45, 7) is 3.09. The highest BCUT2D eigenvalue weighted by Crippen LogP contribution is 2.28. The molecule has 2 aromatic rings. The highest BCUT2D eigenvalue weighted by Gasteiger charge is 2.16. The summed E-state index contributed by atoms with van der Waals surface area (Å²) >= 11 is 11.7. The van der Waals surface area contributed by atoms with Gasteiger partial charge in [-0.2, -0.15) is 0 Å². The molecule has 0 aliphatic heterocycles. The van der Waals surface area contributed by atoms with Crippen molar-refractivity contribution >= 4 is 40.7 Å². The van der Waals surface area contributed by atoms with Crippen molar-refractivity contribution in [2.24, 2.45) is 0 Å². The summed E-state index contributed by atoms with van der Waals surface area (Å²) < 4.78 is 13.6. The standard InChI is InChI=1S/C17H15Cl2FN2O2/c1-9(13-7-16(20)15(19)8-14(13)18)21-17(24)11-3-5-12(6-4-11)22-10(2)23/h3-9H,1-2H3,(H,21,24)(H,22,23). The molecular formula is C17H15Cl2FN2O2. The van der Waals surface area contributed by atoms with Gasteiger partial charge >= 0.3 is 0 Å².